The van der Waals surface area contributed by atoms with Crippen LogP contribution >= 0.6 is 0 Å². The summed E-state index contributed by atoms with van der Waals surface area (Å²) in [5.74, 6) is -0.189. The number of benzene rings is 2. The van der Waals surface area contributed by atoms with Crippen molar-refractivity contribution in [2.45, 2.75) is 33.3 Å². The third-order valence-corrected chi connectivity index (χ3v) is 4.43. The highest BCUT2D eigenvalue weighted by Gasteiger charge is 2.09. The molecule has 0 saturated carbocycles. The van der Waals surface area contributed by atoms with Gasteiger partial charge in [0.05, 0.1) is 0 Å². The van der Waals surface area contributed by atoms with E-state index in [2.05, 4.69) is 43.1 Å². The van der Waals surface area contributed by atoms with E-state index in [0.29, 0.717) is 19.4 Å². The minimum Gasteiger partial charge on any atom is -0.461 e. The number of rotatable bonds is 6. The van der Waals surface area contributed by atoms with Crippen LogP contribution in [0.4, 0.5) is 0 Å². The van der Waals surface area contributed by atoms with Crippen LogP contribution in [0.2, 0.25) is 0 Å². The molecular formula is C23H23NO2. The van der Waals surface area contributed by atoms with E-state index in [4.69, 9.17) is 4.74 Å². The molecule has 1 aromatic heterocycles. The monoisotopic (exact) mass is 345 g/mol. The number of nitrogens with zero attached hydrogens (tertiary/aromatic N) is 1. The molecule has 0 fully saturated rings. The van der Waals surface area contributed by atoms with Crippen LogP contribution in [-0.2, 0) is 22.6 Å². The van der Waals surface area contributed by atoms with Gasteiger partial charge in [-0.15, -0.1) is 0 Å². The molecule has 3 rings (SSSR count). The molecule has 1 heterocycles. The molecule has 0 saturated heterocycles. The zero-order valence-electron chi connectivity index (χ0n) is 15.2. The minimum absolute atomic E-state index is 0.189. The summed E-state index contributed by atoms with van der Waals surface area (Å²) in [4.78, 5) is 16.4. The Morgan fingerprint density at radius 3 is 2.38 bits per heavy atom. The molecule has 0 aliphatic heterocycles. The Bertz CT molecular complexity index is 867. The third kappa shape index (κ3) is 4.57. The molecule has 3 aromatic rings. The summed E-state index contributed by atoms with van der Waals surface area (Å²) in [6.07, 6.45) is 4.68. The van der Waals surface area contributed by atoms with Gasteiger partial charge >= 0.3 is 5.97 Å². The van der Waals surface area contributed by atoms with Crippen molar-refractivity contribution in [2.24, 2.45) is 0 Å². The van der Waals surface area contributed by atoms with E-state index in [0.717, 1.165) is 16.7 Å². The third-order valence-electron chi connectivity index (χ3n) is 4.43. The van der Waals surface area contributed by atoms with Crippen LogP contribution in [0.25, 0.3) is 11.1 Å². The van der Waals surface area contributed by atoms with Gasteiger partial charge in [-0.05, 0) is 54.2 Å². The van der Waals surface area contributed by atoms with Gasteiger partial charge in [-0.1, -0.05) is 48.5 Å². The number of hydrogen-bond acceptors (Lipinski definition) is 3. The molecule has 26 heavy (non-hydrogen) atoms. The maximum Gasteiger partial charge on any atom is 0.306 e. The topological polar surface area (TPSA) is 39.2 Å². The molecule has 0 aliphatic rings. The van der Waals surface area contributed by atoms with Gasteiger partial charge in [0.1, 0.15) is 6.61 Å². The van der Waals surface area contributed by atoms with Crippen molar-refractivity contribution in [3.63, 3.8) is 0 Å². The van der Waals surface area contributed by atoms with Crippen LogP contribution in [0, 0.1) is 13.8 Å². The molecule has 0 atom stereocenters. The summed E-state index contributed by atoms with van der Waals surface area (Å²) in [7, 11) is 0. The molecule has 132 valence electrons. The number of pyridine rings is 1. The fourth-order valence-electron chi connectivity index (χ4n) is 3.09. The van der Waals surface area contributed by atoms with Crippen molar-refractivity contribution < 1.29 is 9.53 Å². The number of carbonyl (C=O) groups is 1. The first-order valence-corrected chi connectivity index (χ1v) is 8.83. The van der Waals surface area contributed by atoms with Crippen molar-refractivity contribution in [2.75, 3.05) is 0 Å². The molecule has 0 radical (unpaired) electrons. The average Bonchev–Trinajstić information content (AvgIpc) is 2.66. The predicted octanol–water partition coefficient (Wildman–Crippen LogP) is 5.04. The lowest BCUT2D eigenvalue weighted by Gasteiger charge is -2.11. The largest absolute Gasteiger partial charge is 0.461 e. The molecule has 3 nitrogen and oxygen atoms in total. The van der Waals surface area contributed by atoms with Crippen LogP contribution in [-0.4, -0.2) is 11.0 Å². The summed E-state index contributed by atoms with van der Waals surface area (Å²) in [5.41, 5.74) is 6.81. The fraction of sp³-hybridized carbons (Fsp3) is 0.217. The van der Waals surface area contributed by atoms with Gasteiger partial charge in [-0.3, -0.25) is 9.78 Å². The molecule has 0 unspecified atom stereocenters. The molecule has 0 amide bonds. The van der Waals surface area contributed by atoms with Crippen LogP contribution < -0.4 is 0 Å². The maximum absolute atomic E-state index is 12.0. The van der Waals surface area contributed by atoms with Gasteiger partial charge in [0.25, 0.3) is 0 Å². The van der Waals surface area contributed by atoms with Gasteiger partial charge < -0.3 is 4.74 Å². The average molecular weight is 345 g/mol. The molecule has 0 aliphatic carbocycles. The smallest absolute Gasteiger partial charge is 0.306 e. The lowest BCUT2D eigenvalue weighted by atomic mass is 9.96. The van der Waals surface area contributed by atoms with Gasteiger partial charge in [0.15, 0.2) is 0 Å². The lowest BCUT2D eigenvalue weighted by Crippen LogP contribution is -2.06. The summed E-state index contributed by atoms with van der Waals surface area (Å²) in [6.45, 7) is 4.53. The van der Waals surface area contributed by atoms with Gasteiger partial charge in [0, 0.05) is 24.4 Å². The molecular weight excluding hydrogens is 322 g/mol. The van der Waals surface area contributed by atoms with Crippen LogP contribution in [0.15, 0.2) is 67.0 Å². The van der Waals surface area contributed by atoms with Crippen molar-refractivity contribution in [1.82, 2.24) is 4.98 Å². The summed E-state index contributed by atoms with van der Waals surface area (Å²) in [6, 6.07) is 18.1. The van der Waals surface area contributed by atoms with E-state index >= 15 is 0 Å². The van der Waals surface area contributed by atoms with E-state index in [9.17, 15) is 4.79 Å². The molecule has 0 N–H and O–H groups in total. The number of aryl methyl sites for hydroxylation is 3. The van der Waals surface area contributed by atoms with Gasteiger partial charge in [0.2, 0.25) is 0 Å². The maximum atomic E-state index is 12.0. The highest BCUT2D eigenvalue weighted by Crippen LogP contribution is 2.27. The van der Waals surface area contributed by atoms with Crippen molar-refractivity contribution >= 4 is 5.97 Å². The normalized spacial score (nSPS) is 10.5. The first-order valence-electron chi connectivity index (χ1n) is 8.83. The van der Waals surface area contributed by atoms with Crippen molar-refractivity contribution in [3.8, 4) is 11.1 Å². The molecule has 2 aromatic carbocycles. The standard InChI is InChI=1S/C23H23NO2/c1-17-7-6-8-18(2)23(17)21-13-20(14-24-15-21)11-12-22(25)26-16-19-9-4-3-5-10-19/h3-10,13-15H,11-12,16H2,1-2H3. The number of hydrogen-bond donors (Lipinski definition) is 0. The van der Waals surface area contributed by atoms with E-state index in [1.807, 2.05) is 42.7 Å². The Kier molecular flexibility index (Phi) is 5.80. The quantitative estimate of drug-likeness (QED) is 0.587. The van der Waals surface area contributed by atoms with Crippen LogP contribution in [0.3, 0.4) is 0 Å². The summed E-state index contributed by atoms with van der Waals surface area (Å²) in [5, 5.41) is 0. The Hall–Kier alpha value is -2.94. The van der Waals surface area contributed by atoms with E-state index in [1.165, 1.54) is 16.7 Å². The van der Waals surface area contributed by atoms with Crippen molar-refractivity contribution in [1.29, 1.82) is 0 Å². The first-order chi connectivity index (χ1) is 12.6. The highest BCUT2D eigenvalue weighted by molar-refractivity contribution is 5.71. The Labute approximate surface area is 154 Å². The van der Waals surface area contributed by atoms with Crippen molar-refractivity contribution in [3.05, 3.63) is 89.2 Å². The zero-order chi connectivity index (χ0) is 18.4. The van der Waals surface area contributed by atoms with E-state index < -0.39 is 0 Å². The second-order valence-corrected chi connectivity index (χ2v) is 6.49. The fourth-order valence-corrected chi connectivity index (χ4v) is 3.09. The first kappa shape index (κ1) is 17.9. The Balaban J connectivity index is 1.61. The predicted molar refractivity (Wildman–Crippen MR) is 104 cm³/mol. The van der Waals surface area contributed by atoms with E-state index in [1.54, 1.807) is 0 Å². The SMILES string of the molecule is Cc1cccc(C)c1-c1cncc(CCC(=O)OCc2ccccc2)c1. The van der Waals surface area contributed by atoms with Crippen LogP contribution in [0.5, 0.6) is 0 Å². The summed E-state index contributed by atoms with van der Waals surface area (Å²) >= 11 is 0. The number of ether oxygens (including phenoxy) is 1. The van der Waals surface area contributed by atoms with Gasteiger partial charge in [-0.2, -0.15) is 0 Å². The Morgan fingerprint density at radius 1 is 0.923 bits per heavy atom. The lowest BCUT2D eigenvalue weighted by molar-refractivity contribution is -0.144. The second kappa shape index (κ2) is 8.43. The summed E-state index contributed by atoms with van der Waals surface area (Å²) < 4.78 is 5.34. The van der Waals surface area contributed by atoms with Crippen LogP contribution in [0.1, 0.15) is 28.7 Å². The van der Waals surface area contributed by atoms with E-state index in [-0.39, 0.29) is 5.97 Å². The number of esters is 1. The highest BCUT2D eigenvalue weighted by atomic mass is 16.5. The van der Waals surface area contributed by atoms with Gasteiger partial charge in [-0.25, -0.2) is 0 Å². The minimum atomic E-state index is -0.189. The Morgan fingerprint density at radius 2 is 1.65 bits per heavy atom. The number of carbonyl (C=O) groups excluding carboxylic acids is 1. The number of aromatic nitrogens is 1. The molecule has 0 spiro atoms. The zero-order valence-corrected chi connectivity index (χ0v) is 15.2. The second-order valence-electron chi connectivity index (χ2n) is 6.49. The molecule has 0 bridgehead atoms. The molecule has 3 heteroatoms.